The second kappa shape index (κ2) is 8.54. The van der Waals surface area contributed by atoms with Crippen molar-refractivity contribution in [3.8, 4) is 0 Å². The predicted octanol–water partition coefficient (Wildman–Crippen LogP) is 2.66. The maximum Gasteiger partial charge on any atom is 0.170 e. The van der Waals surface area contributed by atoms with E-state index in [9.17, 15) is 0 Å². The molecule has 1 aliphatic heterocycles. The van der Waals surface area contributed by atoms with Gasteiger partial charge in [-0.2, -0.15) is 0 Å². The average molecular weight is 328 g/mol. The Morgan fingerprint density at radius 2 is 2.14 bits per heavy atom. The van der Waals surface area contributed by atoms with Crippen LogP contribution in [-0.4, -0.2) is 49.4 Å². The van der Waals surface area contributed by atoms with E-state index in [0.717, 1.165) is 62.1 Å². The normalized spacial score (nSPS) is 15.7. The number of ether oxygens (including phenoxy) is 1. The van der Waals surface area contributed by atoms with Crippen LogP contribution in [0.5, 0.6) is 0 Å². The van der Waals surface area contributed by atoms with Crippen LogP contribution in [0, 0.1) is 6.92 Å². The Labute approximate surface area is 136 Å². The minimum absolute atomic E-state index is 0.655. The largest absolute Gasteiger partial charge is 0.379 e. The van der Waals surface area contributed by atoms with Crippen LogP contribution in [0.1, 0.15) is 12.0 Å². The van der Waals surface area contributed by atoms with E-state index in [0.29, 0.717) is 5.11 Å². The highest BCUT2D eigenvalue weighted by molar-refractivity contribution is 7.80. The molecule has 0 amide bonds. The number of hydrogen-bond donors (Lipinski definition) is 2. The smallest absolute Gasteiger partial charge is 0.170 e. The SMILES string of the molecule is Cc1cc(Cl)ccc1NC(=S)NCCCN1CCOCC1. The molecule has 0 saturated carbocycles. The summed E-state index contributed by atoms with van der Waals surface area (Å²) in [5, 5.41) is 7.84. The number of nitrogens with one attached hydrogen (secondary N) is 2. The lowest BCUT2D eigenvalue weighted by molar-refractivity contribution is 0.0376. The number of benzene rings is 1. The molecule has 1 fully saturated rings. The van der Waals surface area contributed by atoms with Crippen LogP contribution >= 0.6 is 23.8 Å². The molecular formula is C15H22ClN3OS. The summed E-state index contributed by atoms with van der Waals surface area (Å²) in [5.41, 5.74) is 2.07. The summed E-state index contributed by atoms with van der Waals surface area (Å²) in [4.78, 5) is 2.42. The molecular weight excluding hydrogens is 306 g/mol. The van der Waals surface area contributed by atoms with Crippen molar-refractivity contribution >= 4 is 34.6 Å². The fourth-order valence-corrected chi connectivity index (χ4v) is 2.70. The minimum Gasteiger partial charge on any atom is -0.379 e. The zero-order valence-corrected chi connectivity index (χ0v) is 13.9. The van der Waals surface area contributed by atoms with E-state index in [1.807, 2.05) is 25.1 Å². The Bertz CT molecular complexity index is 478. The van der Waals surface area contributed by atoms with E-state index in [-0.39, 0.29) is 0 Å². The summed E-state index contributed by atoms with van der Waals surface area (Å²) >= 11 is 11.2. The van der Waals surface area contributed by atoms with Crippen LogP contribution in [0.4, 0.5) is 5.69 Å². The van der Waals surface area contributed by atoms with Gasteiger partial charge in [-0.3, -0.25) is 4.90 Å². The lowest BCUT2D eigenvalue weighted by atomic mass is 10.2. The Balaban J connectivity index is 1.65. The van der Waals surface area contributed by atoms with Crippen LogP contribution in [0.3, 0.4) is 0 Å². The molecule has 1 aromatic carbocycles. The zero-order chi connectivity index (χ0) is 15.1. The van der Waals surface area contributed by atoms with Crippen LogP contribution in [0.2, 0.25) is 5.02 Å². The van der Waals surface area contributed by atoms with Crippen LogP contribution in [0.25, 0.3) is 0 Å². The van der Waals surface area contributed by atoms with Crippen molar-refractivity contribution in [3.63, 3.8) is 0 Å². The second-order valence-electron chi connectivity index (χ2n) is 5.15. The highest BCUT2D eigenvalue weighted by Gasteiger charge is 2.09. The van der Waals surface area contributed by atoms with Gasteiger partial charge in [-0.15, -0.1) is 0 Å². The van der Waals surface area contributed by atoms with Gasteiger partial charge in [0.15, 0.2) is 5.11 Å². The number of nitrogens with zero attached hydrogens (tertiary/aromatic N) is 1. The van der Waals surface area contributed by atoms with E-state index in [1.165, 1.54) is 0 Å². The van der Waals surface area contributed by atoms with Gasteiger partial charge in [0.25, 0.3) is 0 Å². The fourth-order valence-electron chi connectivity index (χ4n) is 2.26. The summed E-state index contributed by atoms with van der Waals surface area (Å²) in [6, 6.07) is 5.72. The monoisotopic (exact) mass is 327 g/mol. The van der Waals surface area contributed by atoms with Crippen LogP contribution in [0.15, 0.2) is 18.2 Å². The van der Waals surface area contributed by atoms with E-state index >= 15 is 0 Å². The fraction of sp³-hybridized carbons (Fsp3) is 0.533. The van der Waals surface area contributed by atoms with Crippen molar-refractivity contribution in [1.82, 2.24) is 10.2 Å². The van der Waals surface area contributed by atoms with E-state index < -0.39 is 0 Å². The molecule has 1 saturated heterocycles. The molecule has 2 rings (SSSR count). The third kappa shape index (κ3) is 5.79. The van der Waals surface area contributed by atoms with Gasteiger partial charge in [-0.1, -0.05) is 11.6 Å². The van der Waals surface area contributed by atoms with Gasteiger partial charge in [-0.05, 0) is 55.9 Å². The molecule has 0 aromatic heterocycles. The lowest BCUT2D eigenvalue weighted by Crippen LogP contribution is -2.38. The van der Waals surface area contributed by atoms with Gasteiger partial charge >= 0.3 is 0 Å². The minimum atomic E-state index is 0.655. The average Bonchev–Trinajstić information content (AvgIpc) is 2.48. The standard InChI is InChI=1S/C15H22ClN3OS/c1-12-11-13(16)3-4-14(12)18-15(21)17-5-2-6-19-7-9-20-10-8-19/h3-4,11H,2,5-10H2,1H3,(H2,17,18,21). The molecule has 1 heterocycles. The molecule has 21 heavy (non-hydrogen) atoms. The van der Waals surface area contributed by atoms with Gasteiger partial charge in [0.2, 0.25) is 0 Å². The molecule has 116 valence electrons. The molecule has 1 aliphatic rings. The molecule has 0 atom stereocenters. The van der Waals surface area contributed by atoms with Gasteiger partial charge in [-0.25, -0.2) is 0 Å². The molecule has 4 nitrogen and oxygen atoms in total. The van der Waals surface area contributed by atoms with Crippen molar-refractivity contribution in [2.45, 2.75) is 13.3 Å². The van der Waals surface area contributed by atoms with Gasteiger partial charge in [0, 0.05) is 30.3 Å². The topological polar surface area (TPSA) is 36.5 Å². The zero-order valence-electron chi connectivity index (χ0n) is 12.3. The van der Waals surface area contributed by atoms with Crippen LogP contribution in [-0.2, 0) is 4.74 Å². The number of aryl methyl sites for hydroxylation is 1. The van der Waals surface area contributed by atoms with E-state index in [1.54, 1.807) is 0 Å². The van der Waals surface area contributed by atoms with E-state index in [4.69, 9.17) is 28.6 Å². The lowest BCUT2D eigenvalue weighted by Gasteiger charge is -2.26. The summed E-state index contributed by atoms with van der Waals surface area (Å²) in [6.45, 7) is 7.73. The second-order valence-corrected chi connectivity index (χ2v) is 5.99. The summed E-state index contributed by atoms with van der Waals surface area (Å²) in [6.07, 6.45) is 1.07. The highest BCUT2D eigenvalue weighted by Crippen LogP contribution is 2.19. The number of halogens is 1. The number of anilines is 1. The van der Waals surface area contributed by atoms with Crippen molar-refractivity contribution in [3.05, 3.63) is 28.8 Å². The molecule has 1 aromatic rings. The van der Waals surface area contributed by atoms with Gasteiger partial charge in [0.05, 0.1) is 13.2 Å². The molecule has 6 heteroatoms. The van der Waals surface area contributed by atoms with E-state index in [2.05, 4.69) is 15.5 Å². The maximum atomic E-state index is 5.94. The van der Waals surface area contributed by atoms with Crippen molar-refractivity contribution in [1.29, 1.82) is 0 Å². The third-order valence-corrected chi connectivity index (χ3v) is 3.96. The molecule has 0 radical (unpaired) electrons. The first kappa shape index (κ1) is 16.5. The van der Waals surface area contributed by atoms with Crippen molar-refractivity contribution in [2.75, 3.05) is 44.7 Å². The Hall–Kier alpha value is -0.880. The summed E-state index contributed by atoms with van der Waals surface area (Å²) < 4.78 is 5.33. The molecule has 0 unspecified atom stereocenters. The first-order valence-electron chi connectivity index (χ1n) is 7.26. The Morgan fingerprint density at radius 1 is 1.38 bits per heavy atom. The first-order valence-corrected chi connectivity index (χ1v) is 8.05. The molecule has 0 aliphatic carbocycles. The van der Waals surface area contributed by atoms with Gasteiger partial charge in [0.1, 0.15) is 0 Å². The predicted molar refractivity (Wildman–Crippen MR) is 92.3 cm³/mol. The summed E-state index contributed by atoms with van der Waals surface area (Å²) in [7, 11) is 0. The Morgan fingerprint density at radius 3 is 2.86 bits per heavy atom. The van der Waals surface area contributed by atoms with Crippen LogP contribution < -0.4 is 10.6 Å². The number of hydrogen-bond acceptors (Lipinski definition) is 3. The molecule has 2 N–H and O–H groups in total. The highest BCUT2D eigenvalue weighted by atomic mass is 35.5. The first-order chi connectivity index (χ1) is 10.1. The number of rotatable bonds is 5. The molecule has 0 spiro atoms. The van der Waals surface area contributed by atoms with Crippen molar-refractivity contribution < 1.29 is 4.74 Å². The maximum absolute atomic E-state index is 5.94. The van der Waals surface area contributed by atoms with Crippen molar-refractivity contribution in [2.24, 2.45) is 0 Å². The van der Waals surface area contributed by atoms with Gasteiger partial charge < -0.3 is 15.4 Å². The Kier molecular flexibility index (Phi) is 6.70. The quantitative estimate of drug-likeness (QED) is 0.642. The number of thiocarbonyl (C=S) groups is 1. The number of morpholine rings is 1. The molecule has 0 bridgehead atoms. The summed E-state index contributed by atoms with van der Waals surface area (Å²) in [5.74, 6) is 0. The third-order valence-electron chi connectivity index (χ3n) is 3.48.